The Labute approximate surface area is 131 Å². The SMILES string of the molecule is NCC(F)(F)CNC(=O)C1CC(=O)N(c2ccc(Cl)cc2)C1. The zero-order chi connectivity index (χ0) is 16.3. The zero-order valence-electron chi connectivity index (χ0n) is 11.7. The molecule has 1 atom stereocenters. The number of rotatable bonds is 5. The molecule has 1 aromatic carbocycles. The molecule has 3 N–H and O–H groups in total. The van der Waals surface area contributed by atoms with Crippen LogP contribution in [-0.4, -0.2) is 37.4 Å². The minimum absolute atomic E-state index is 0.0113. The van der Waals surface area contributed by atoms with Crippen molar-refractivity contribution < 1.29 is 18.4 Å². The van der Waals surface area contributed by atoms with Crippen molar-refractivity contribution in [3.8, 4) is 0 Å². The van der Waals surface area contributed by atoms with Crippen LogP contribution in [0.4, 0.5) is 14.5 Å². The Morgan fingerprint density at radius 2 is 2.05 bits per heavy atom. The standard InChI is InChI=1S/C14H16ClF2N3O2/c15-10-1-3-11(4-2-10)20-6-9(5-12(20)21)13(22)19-8-14(16,17)7-18/h1-4,9H,5-8,18H2,(H,19,22). The van der Waals surface area contributed by atoms with E-state index in [1.165, 1.54) is 4.90 Å². The summed E-state index contributed by atoms with van der Waals surface area (Å²) < 4.78 is 26.1. The third-order valence-electron chi connectivity index (χ3n) is 3.45. The number of anilines is 1. The number of benzene rings is 1. The fourth-order valence-electron chi connectivity index (χ4n) is 2.19. The number of halogens is 3. The van der Waals surface area contributed by atoms with Gasteiger partial charge in [0.2, 0.25) is 11.8 Å². The molecule has 1 unspecified atom stereocenters. The van der Waals surface area contributed by atoms with Gasteiger partial charge in [0.05, 0.1) is 19.0 Å². The van der Waals surface area contributed by atoms with Gasteiger partial charge in [0, 0.05) is 23.7 Å². The molecule has 8 heteroatoms. The lowest BCUT2D eigenvalue weighted by molar-refractivity contribution is -0.127. The van der Waals surface area contributed by atoms with E-state index in [-0.39, 0.29) is 18.9 Å². The maximum atomic E-state index is 13.0. The molecule has 1 aromatic rings. The summed E-state index contributed by atoms with van der Waals surface area (Å²) in [6, 6.07) is 6.62. The number of amides is 2. The molecule has 1 aliphatic heterocycles. The summed E-state index contributed by atoms with van der Waals surface area (Å²) in [6.45, 7) is -1.51. The van der Waals surface area contributed by atoms with E-state index in [1.54, 1.807) is 24.3 Å². The van der Waals surface area contributed by atoms with Gasteiger partial charge in [-0.25, -0.2) is 8.78 Å². The molecule has 0 aliphatic carbocycles. The number of hydrogen-bond acceptors (Lipinski definition) is 3. The van der Waals surface area contributed by atoms with Crippen molar-refractivity contribution in [1.82, 2.24) is 5.32 Å². The van der Waals surface area contributed by atoms with Crippen LogP contribution in [0.15, 0.2) is 24.3 Å². The Kier molecular flexibility index (Phi) is 4.97. The first-order chi connectivity index (χ1) is 10.3. The van der Waals surface area contributed by atoms with Crippen LogP contribution in [0.5, 0.6) is 0 Å². The van der Waals surface area contributed by atoms with Gasteiger partial charge in [0.15, 0.2) is 0 Å². The average Bonchev–Trinajstić information content (AvgIpc) is 2.88. The Balaban J connectivity index is 1.97. The van der Waals surface area contributed by atoms with Crippen molar-refractivity contribution in [3.63, 3.8) is 0 Å². The third-order valence-corrected chi connectivity index (χ3v) is 3.71. The Morgan fingerprint density at radius 3 is 2.64 bits per heavy atom. The van der Waals surface area contributed by atoms with Gasteiger partial charge < -0.3 is 16.0 Å². The average molecular weight is 332 g/mol. The highest BCUT2D eigenvalue weighted by Crippen LogP contribution is 2.26. The molecule has 1 saturated heterocycles. The summed E-state index contributed by atoms with van der Waals surface area (Å²) in [5.74, 6) is -4.60. The maximum absolute atomic E-state index is 13.0. The molecule has 2 rings (SSSR count). The molecule has 0 saturated carbocycles. The van der Waals surface area contributed by atoms with Crippen LogP contribution in [0.3, 0.4) is 0 Å². The molecular formula is C14H16ClF2N3O2. The number of hydrogen-bond donors (Lipinski definition) is 2. The van der Waals surface area contributed by atoms with Crippen LogP contribution in [0.25, 0.3) is 0 Å². The molecule has 0 spiro atoms. The van der Waals surface area contributed by atoms with Crippen LogP contribution < -0.4 is 16.0 Å². The van der Waals surface area contributed by atoms with Gasteiger partial charge in [-0.05, 0) is 24.3 Å². The van der Waals surface area contributed by atoms with Gasteiger partial charge in [-0.1, -0.05) is 11.6 Å². The predicted molar refractivity (Wildman–Crippen MR) is 78.9 cm³/mol. The molecular weight excluding hydrogens is 316 g/mol. The molecule has 0 radical (unpaired) electrons. The topological polar surface area (TPSA) is 75.4 Å². The third kappa shape index (κ3) is 3.92. The van der Waals surface area contributed by atoms with E-state index in [0.717, 1.165) is 0 Å². The molecule has 120 valence electrons. The van der Waals surface area contributed by atoms with E-state index in [9.17, 15) is 18.4 Å². The quantitative estimate of drug-likeness (QED) is 0.856. The normalized spacial score (nSPS) is 18.6. The van der Waals surface area contributed by atoms with E-state index >= 15 is 0 Å². The minimum atomic E-state index is -3.14. The van der Waals surface area contributed by atoms with Gasteiger partial charge in [0.1, 0.15) is 0 Å². The lowest BCUT2D eigenvalue weighted by Crippen LogP contribution is -2.43. The number of nitrogens with one attached hydrogen (secondary N) is 1. The minimum Gasteiger partial charge on any atom is -0.350 e. The van der Waals surface area contributed by atoms with Crippen LogP contribution in [-0.2, 0) is 9.59 Å². The van der Waals surface area contributed by atoms with Gasteiger partial charge >= 0.3 is 0 Å². The fraction of sp³-hybridized carbons (Fsp3) is 0.429. The Bertz CT molecular complexity index is 566. The fourth-order valence-corrected chi connectivity index (χ4v) is 2.31. The summed E-state index contributed by atoms with van der Waals surface area (Å²) in [4.78, 5) is 25.3. The molecule has 1 aliphatic rings. The lowest BCUT2D eigenvalue weighted by atomic mass is 10.1. The van der Waals surface area contributed by atoms with Crippen molar-refractivity contribution in [2.24, 2.45) is 11.7 Å². The van der Waals surface area contributed by atoms with Crippen LogP contribution in [0.2, 0.25) is 5.02 Å². The van der Waals surface area contributed by atoms with Crippen LogP contribution >= 0.6 is 11.6 Å². The van der Waals surface area contributed by atoms with Crippen molar-refractivity contribution in [3.05, 3.63) is 29.3 Å². The second kappa shape index (κ2) is 6.58. The number of nitrogens with zero attached hydrogens (tertiary/aromatic N) is 1. The second-order valence-corrected chi connectivity index (χ2v) is 5.60. The second-order valence-electron chi connectivity index (χ2n) is 5.16. The highest BCUT2D eigenvalue weighted by Gasteiger charge is 2.36. The van der Waals surface area contributed by atoms with Gasteiger partial charge in [0.25, 0.3) is 5.92 Å². The number of nitrogens with two attached hydrogens (primary N) is 1. The van der Waals surface area contributed by atoms with E-state index in [4.69, 9.17) is 17.3 Å². The van der Waals surface area contributed by atoms with E-state index < -0.39 is 30.8 Å². The first-order valence-electron chi connectivity index (χ1n) is 6.74. The lowest BCUT2D eigenvalue weighted by Gasteiger charge is -2.18. The molecule has 0 bridgehead atoms. The van der Waals surface area contributed by atoms with E-state index in [1.807, 2.05) is 0 Å². The molecule has 1 fully saturated rings. The molecule has 5 nitrogen and oxygen atoms in total. The van der Waals surface area contributed by atoms with Crippen molar-refractivity contribution in [2.45, 2.75) is 12.3 Å². The number of carbonyl (C=O) groups excluding carboxylic acids is 2. The summed E-state index contributed by atoms with van der Waals surface area (Å²) in [7, 11) is 0. The number of alkyl halides is 2. The zero-order valence-corrected chi connectivity index (χ0v) is 12.4. The van der Waals surface area contributed by atoms with Crippen molar-refractivity contribution >= 4 is 29.1 Å². The summed E-state index contributed by atoms with van der Waals surface area (Å²) in [5, 5.41) is 2.68. The largest absolute Gasteiger partial charge is 0.350 e. The smallest absolute Gasteiger partial charge is 0.277 e. The first kappa shape index (κ1) is 16.6. The molecule has 22 heavy (non-hydrogen) atoms. The first-order valence-corrected chi connectivity index (χ1v) is 7.12. The van der Waals surface area contributed by atoms with Crippen LogP contribution in [0, 0.1) is 5.92 Å². The van der Waals surface area contributed by atoms with E-state index in [0.29, 0.717) is 10.7 Å². The van der Waals surface area contributed by atoms with Gasteiger partial charge in [-0.2, -0.15) is 0 Å². The van der Waals surface area contributed by atoms with Crippen LogP contribution in [0.1, 0.15) is 6.42 Å². The Morgan fingerprint density at radius 1 is 1.41 bits per heavy atom. The van der Waals surface area contributed by atoms with Crippen molar-refractivity contribution in [2.75, 3.05) is 24.5 Å². The van der Waals surface area contributed by atoms with E-state index in [2.05, 4.69) is 5.32 Å². The summed E-state index contributed by atoms with van der Waals surface area (Å²) in [5.41, 5.74) is 5.53. The monoisotopic (exact) mass is 331 g/mol. The number of carbonyl (C=O) groups is 2. The molecule has 2 amide bonds. The van der Waals surface area contributed by atoms with Crippen molar-refractivity contribution in [1.29, 1.82) is 0 Å². The molecule has 0 aromatic heterocycles. The van der Waals surface area contributed by atoms with Gasteiger partial charge in [-0.15, -0.1) is 0 Å². The highest BCUT2D eigenvalue weighted by atomic mass is 35.5. The maximum Gasteiger partial charge on any atom is 0.277 e. The molecule has 1 heterocycles. The summed E-state index contributed by atoms with van der Waals surface area (Å²) in [6.07, 6.45) is -0.0113. The van der Waals surface area contributed by atoms with Gasteiger partial charge in [-0.3, -0.25) is 9.59 Å². The summed E-state index contributed by atoms with van der Waals surface area (Å²) >= 11 is 5.78. The Hall–Kier alpha value is -1.73. The predicted octanol–water partition coefficient (Wildman–Crippen LogP) is 1.40. The highest BCUT2D eigenvalue weighted by molar-refractivity contribution is 6.30.